The second-order valence-corrected chi connectivity index (χ2v) is 6.58. The van der Waals surface area contributed by atoms with Gasteiger partial charge in [0.05, 0.1) is 5.92 Å². The highest BCUT2D eigenvalue weighted by molar-refractivity contribution is 5.85. The van der Waals surface area contributed by atoms with Crippen molar-refractivity contribution in [1.29, 1.82) is 0 Å². The number of carboxylic acid groups (broad SMARTS) is 1. The molecule has 0 saturated carbocycles. The van der Waals surface area contributed by atoms with Gasteiger partial charge in [0.2, 0.25) is 0 Å². The Labute approximate surface area is 134 Å². The Kier molecular flexibility index (Phi) is 9.29. The Morgan fingerprint density at radius 1 is 0.905 bits per heavy atom. The molecule has 21 heavy (non-hydrogen) atoms. The summed E-state index contributed by atoms with van der Waals surface area (Å²) in [5, 5.41) is 16.1. The zero-order chi connectivity index (χ0) is 14.2. The summed E-state index contributed by atoms with van der Waals surface area (Å²) in [5.74, 6) is 0.807. The Morgan fingerprint density at radius 3 is 1.62 bits per heavy atom. The molecule has 5 heteroatoms. The van der Waals surface area contributed by atoms with Crippen molar-refractivity contribution in [2.24, 2.45) is 17.8 Å². The quantitative estimate of drug-likeness (QED) is 0.675. The summed E-state index contributed by atoms with van der Waals surface area (Å²) in [7, 11) is 0. The molecular weight excluding hydrogens is 288 g/mol. The molecular formula is C16H31ClN2O2. The first-order chi connectivity index (χ1) is 9.75. The fourth-order valence-electron chi connectivity index (χ4n) is 3.61. The molecule has 0 atom stereocenters. The van der Waals surface area contributed by atoms with Crippen LogP contribution in [0.15, 0.2) is 0 Å². The SMILES string of the molecule is Cl.O=C(O)C(CCC1CCNCC1)CCC1CCNCC1. The molecule has 2 fully saturated rings. The minimum Gasteiger partial charge on any atom is -0.481 e. The van der Waals surface area contributed by atoms with Crippen LogP contribution < -0.4 is 10.6 Å². The number of rotatable bonds is 7. The van der Waals surface area contributed by atoms with E-state index in [1.807, 2.05) is 0 Å². The molecule has 124 valence electrons. The van der Waals surface area contributed by atoms with E-state index in [0.717, 1.165) is 63.7 Å². The summed E-state index contributed by atoms with van der Waals surface area (Å²) in [6.07, 6.45) is 8.86. The summed E-state index contributed by atoms with van der Waals surface area (Å²) >= 11 is 0. The number of carbonyl (C=O) groups is 1. The second kappa shape index (κ2) is 10.4. The number of carboxylic acids is 1. The predicted molar refractivity (Wildman–Crippen MR) is 88.0 cm³/mol. The van der Waals surface area contributed by atoms with E-state index >= 15 is 0 Å². The number of halogens is 1. The van der Waals surface area contributed by atoms with E-state index in [1.165, 1.54) is 25.7 Å². The van der Waals surface area contributed by atoms with E-state index in [1.54, 1.807) is 0 Å². The van der Waals surface area contributed by atoms with Crippen LogP contribution in [0.1, 0.15) is 51.4 Å². The van der Waals surface area contributed by atoms with Crippen molar-refractivity contribution in [3.8, 4) is 0 Å². The molecule has 2 aliphatic heterocycles. The van der Waals surface area contributed by atoms with Crippen molar-refractivity contribution in [3.63, 3.8) is 0 Å². The monoisotopic (exact) mass is 318 g/mol. The van der Waals surface area contributed by atoms with Gasteiger partial charge in [-0.2, -0.15) is 0 Å². The number of hydrogen-bond acceptors (Lipinski definition) is 3. The number of hydrogen-bond donors (Lipinski definition) is 3. The summed E-state index contributed by atoms with van der Waals surface area (Å²) < 4.78 is 0. The van der Waals surface area contributed by atoms with Crippen molar-refractivity contribution >= 4 is 18.4 Å². The standard InChI is InChI=1S/C16H30N2O2.ClH/c19-16(20)15(3-1-13-5-9-17-10-6-13)4-2-14-7-11-18-12-8-14;/h13-15,17-18H,1-12H2,(H,19,20);1H. The van der Waals surface area contributed by atoms with Gasteiger partial charge in [0.15, 0.2) is 0 Å². The molecule has 0 aromatic carbocycles. The lowest BCUT2D eigenvalue weighted by molar-refractivity contribution is -0.142. The molecule has 0 unspecified atom stereocenters. The highest BCUT2D eigenvalue weighted by Crippen LogP contribution is 2.26. The van der Waals surface area contributed by atoms with Gasteiger partial charge in [-0.25, -0.2) is 0 Å². The van der Waals surface area contributed by atoms with Gasteiger partial charge in [-0.05, 0) is 89.4 Å². The van der Waals surface area contributed by atoms with Crippen LogP contribution in [0.4, 0.5) is 0 Å². The van der Waals surface area contributed by atoms with Crippen LogP contribution in [0.5, 0.6) is 0 Å². The highest BCUT2D eigenvalue weighted by Gasteiger charge is 2.22. The maximum absolute atomic E-state index is 11.4. The molecule has 0 spiro atoms. The van der Waals surface area contributed by atoms with Gasteiger partial charge in [-0.1, -0.05) is 0 Å². The molecule has 0 amide bonds. The van der Waals surface area contributed by atoms with Crippen LogP contribution in [0.3, 0.4) is 0 Å². The smallest absolute Gasteiger partial charge is 0.306 e. The van der Waals surface area contributed by atoms with Gasteiger partial charge >= 0.3 is 5.97 Å². The first-order valence-electron chi connectivity index (χ1n) is 8.40. The first kappa shape index (κ1) is 18.7. The van der Waals surface area contributed by atoms with Crippen LogP contribution in [0.25, 0.3) is 0 Å². The van der Waals surface area contributed by atoms with Crippen molar-refractivity contribution in [1.82, 2.24) is 10.6 Å². The molecule has 3 N–H and O–H groups in total. The molecule has 2 rings (SSSR count). The fraction of sp³-hybridized carbons (Fsp3) is 0.938. The molecule has 0 radical (unpaired) electrons. The lowest BCUT2D eigenvalue weighted by atomic mass is 9.85. The maximum Gasteiger partial charge on any atom is 0.306 e. The van der Waals surface area contributed by atoms with Gasteiger partial charge in [-0.3, -0.25) is 4.79 Å². The summed E-state index contributed by atoms with van der Waals surface area (Å²) in [6, 6.07) is 0. The summed E-state index contributed by atoms with van der Waals surface area (Å²) in [5.41, 5.74) is 0. The van der Waals surface area contributed by atoms with E-state index in [0.29, 0.717) is 0 Å². The zero-order valence-electron chi connectivity index (χ0n) is 13.0. The molecule has 0 aliphatic carbocycles. The van der Waals surface area contributed by atoms with E-state index in [9.17, 15) is 9.90 Å². The zero-order valence-corrected chi connectivity index (χ0v) is 13.8. The second-order valence-electron chi connectivity index (χ2n) is 6.58. The lowest BCUT2D eigenvalue weighted by Crippen LogP contribution is -2.29. The molecule has 2 aliphatic rings. The van der Waals surface area contributed by atoms with Crippen LogP contribution in [0, 0.1) is 17.8 Å². The topological polar surface area (TPSA) is 61.4 Å². The van der Waals surface area contributed by atoms with Crippen molar-refractivity contribution in [3.05, 3.63) is 0 Å². The van der Waals surface area contributed by atoms with Crippen molar-refractivity contribution < 1.29 is 9.90 Å². The van der Waals surface area contributed by atoms with Gasteiger partial charge in [-0.15, -0.1) is 12.4 Å². The van der Waals surface area contributed by atoms with E-state index in [2.05, 4.69) is 10.6 Å². The molecule has 2 saturated heterocycles. The van der Waals surface area contributed by atoms with Crippen LogP contribution in [0.2, 0.25) is 0 Å². The third kappa shape index (κ3) is 6.98. The number of nitrogens with one attached hydrogen (secondary N) is 2. The van der Waals surface area contributed by atoms with E-state index < -0.39 is 5.97 Å². The fourth-order valence-corrected chi connectivity index (χ4v) is 3.61. The molecule has 0 aromatic rings. The number of piperidine rings is 2. The third-order valence-corrected chi connectivity index (χ3v) is 5.11. The van der Waals surface area contributed by atoms with Crippen molar-refractivity contribution in [2.75, 3.05) is 26.2 Å². The Hall–Kier alpha value is -0.320. The number of aliphatic carboxylic acids is 1. The molecule has 2 heterocycles. The minimum atomic E-state index is -0.576. The average molecular weight is 319 g/mol. The largest absolute Gasteiger partial charge is 0.481 e. The Balaban J connectivity index is 0.00000220. The third-order valence-electron chi connectivity index (χ3n) is 5.11. The van der Waals surface area contributed by atoms with Gasteiger partial charge in [0, 0.05) is 0 Å². The average Bonchev–Trinajstić information content (AvgIpc) is 2.49. The highest BCUT2D eigenvalue weighted by atomic mass is 35.5. The lowest BCUT2D eigenvalue weighted by Gasteiger charge is -2.25. The first-order valence-corrected chi connectivity index (χ1v) is 8.40. The van der Waals surface area contributed by atoms with Crippen LogP contribution in [-0.2, 0) is 4.79 Å². The summed E-state index contributed by atoms with van der Waals surface area (Å²) in [6.45, 7) is 4.43. The van der Waals surface area contributed by atoms with Gasteiger partial charge in [0.1, 0.15) is 0 Å². The maximum atomic E-state index is 11.4. The van der Waals surface area contributed by atoms with E-state index in [4.69, 9.17) is 0 Å². The van der Waals surface area contributed by atoms with Crippen LogP contribution in [-0.4, -0.2) is 37.3 Å². The summed E-state index contributed by atoms with van der Waals surface area (Å²) in [4.78, 5) is 11.4. The van der Waals surface area contributed by atoms with Gasteiger partial charge in [0.25, 0.3) is 0 Å². The van der Waals surface area contributed by atoms with Crippen LogP contribution >= 0.6 is 12.4 Å². The van der Waals surface area contributed by atoms with E-state index in [-0.39, 0.29) is 18.3 Å². The van der Waals surface area contributed by atoms with Crippen molar-refractivity contribution in [2.45, 2.75) is 51.4 Å². The Bertz CT molecular complexity index is 268. The molecule has 4 nitrogen and oxygen atoms in total. The minimum absolute atomic E-state index is 0. The molecule has 0 bridgehead atoms. The van der Waals surface area contributed by atoms with Gasteiger partial charge < -0.3 is 15.7 Å². The predicted octanol–water partition coefficient (Wildman–Crippen LogP) is 2.67. The molecule has 0 aromatic heterocycles. The Morgan fingerprint density at radius 2 is 1.29 bits per heavy atom. The normalized spacial score (nSPS) is 21.2.